The van der Waals surface area contributed by atoms with Crippen molar-refractivity contribution in [3.05, 3.63) is 59.7 Å². The van der Waals surface area contributed by atoms with E-state index in [0.29, 0.717) is 17.2 Å². The van der Waals surface area contributed by atoms with Crippen molar-refractivity contribution in [3.8, 4) is 11.5 Å². The van der Waals surface area contributed by atoms with Crippen molar-refractivity contribution in [1.82, 2.24) is 0 Å². The zero-order valence-corrected chi connectivity index (χ0v) is 14.5. The first-order valence-corrected chi connectivity index (χ1v) is 8.17. The predicted molar refractivity (Wildman–Crippen MR) is 97.0 cm³/mol. The summed E-state index contributed by atoms with van der Waals surface area (Å²) in [5.41, 5.74) is 2.45. The maximum absolute atomic E-state index is 12.1. The lowest BCUT2D eigenvalue weighted by Gasteiger charge is -2.12. The van der Waals surface area contributed by atoms with E-state index in [1.165, 1.54) is 13.0 Å². The van der Waals surface area contributed by atoms with Crippen LogP contribution in [-0.4, -0.2) is 24.8 Å². The van der Waals surface area contributed by atoms with Crippen molar-refractivity contribution in [2.45, 2.75) is 20.0 Å². The van der Waals surface area contributed by atoms with Gasteiger partial charge in [-0.15, -0.1) is 0 Å². The fourth-order valence-electron chi connectivity index (χ4n) is 2.41. The second kappa shape index (κ2) is 7.74. The number of benzene rings is 2. The predicted octanol–water partition coefficient (Wildman–Crippen LogP) is 3.31. The molecular formula is C20H19NO5. The van der Waals surface area contributed by atoms with E-state index in [1.807, 2.05) is 25.1 Å². The van der Waals surface area contributed by atoms with Crippen LogP contribution >= 0.6 is 0 Å². The van der Waals surface area contributed by atoms with Crippen LogP contribution in [0.3, 0.4) is 0 Å². The molecule has 1 N–H and O–H groups in total. The van der Waals surface area contributed by atoms with Gasteiger partial charge in [0.05, 0.1) is 0 Å². The maximum Gasteiger partial charge on any atom is 0.331 e. The van der Waals surface area contributed by atoms with Crippen LogP contribution in [0.15, 0.2) is 48.5 Å². The summed E-state index contributed by atoms with van der Waals surface area (Å²) < 4.78 is 15.6. The van der Waals surface area contributed by atoms with E-state index in [-0.39, 0.29) is 12.7 Å². The summed E-state index contributed by atoms with van der Waals surface area (Å²) in [6.45, 7) is 3.65. The van der Waals surface area contributed by atoms with Gasteiger partial charge in [-0.25, -0.2) is 4.79 Å². The molecule has 26 heavy (non-hydrogen) atoms. The zero-order valence-electron chi connectivity index (χ0n) is 14.5. The van der Waals surface area contributed by atoms with Crippen LogP contribution in [0.25, 0.3) is 6.08 Å². The summed E-state index contributed by atoms with van der Waals surface area (Å²) in [6.07, 6.45) is 1.95. The number of rotatable bonds is 5. The number of hydrogen-bond acceptors (Lipinski definition) is 5. The van der Waals surface area contributed by atoms with Gasteiger partial charge in [-0.05, 0) is 55.3 Å². The molecule has 0 aliphatic carbocycles. The van der Waals surface area contributed by atoms with Gasteiger partial charge in [-0.3, -0.25) is 4.79 Å². The Morgan fingerprint density at radius 1 is 1.15 bits per heavy atom. The third-order valence-electron chi connectivity index (χ3n) is 3.76. The number of ether oxygens (including phenoxy) is 3. The van der Waals surface area contributed by atoms with Crippen molar-refractivity contribution in [1.29, 1.82) is 0 Å². The lowest BCUT2D eigenvalue weighted by molar-refractivity contribution is -0.148. The Kier molecular flexibility index (Phi) is 5.22. The highest BCUT2D eigenvalue weighted by Gasteiger charge is 2.17. The van der Waals surface area contributed by atoms with Crippen LogP contribution in [0.2, 0.25) is 0 Å². The molecular weight excluding hydrogens is 334 g/mol. The fraction of sp³-hybridized carbons (Fsp3) is 0.200. The highest BCUT2D eigenvalue weighted by molar-refractivity contribution is 5.96. The minimum Gasteiger partial charge on any atom is -0.454 e. The molecule has 0 saturated heterocycles. The Morgan fingerprint density at radius 3 is 2.77 bits per heavy atom. The van der Waals surface area contributed by atoms with Gasteiger partial charge in [0.1, 0.15) is 0 Å². The minimum absolute atomic E-state index is 0.193. The average molecular weight is 353 g/mol. The Morgan fingerprint density at radius 2 is 1.96 bits per heavy atom. The molecule has 0 aromatic heterocycles. The first kappa shape index (κ1) is 17.5. The smallest absolute Gasteiger partial charge is 0.331 e. The molecule has 1 amide bonds. The van der Waals surface area contributed by atoms with Crippen molar-refractivity contribution in [2.24, 2.45) is 0 Å². The quantitative estimate of drug-likeness (QED) is 0.659. The van der Waals surface area contributed by atoms with Crippen molar-refractivity contribution in [3.63, 3.8) is 0 Å². The molecule has 1 aliphatic rings. The van der Waals surface area contributed by atoms with Gasteiger partial charge >= 0.3 is 5.97 Å². The molecule has 2 aromatic rings. The summed E-state index contributed by atoms with van der Waals surface area (Å²) in [5.74, 6) is 0.313. The van der Waals surface area contributed by atoms with E-state index in [0.717, 1.165) is 11.1 Å². The van der Waals surface area contributed by atoms with Gasteiger partial charge in [-0.2, -0.15) is 0 Å². The Bertz CT molecular complexity index is 859. The first-order chi connectivity index (χ1) is 12.5. The molecule has 0 fully saturated rings. The van der Waals surface area contributed by atoms with Gasteiger partial charge in [-0.1, -0.05) is 18.2 Å². The number of amides is 1. The fourth-order valence-corrected chi connectivity index (χ4v) is 2.41. The summed E-state index contributed by atoms with van der Waals surface area (Å²) in [7, 11) is 0. The van der Waals surface area contributed by atoms with Crippen LogP contribution in [-0.2, 0) is 14.3 Å². The van der Waals surface area contributed by atoms with Gasteiger partial charge in [0.15, 0.2) is 17.6 Å². The topological polar surface area (TPSA) is 73.9 Å². The summed E-state index contributed by atoms with van der Waals surface area (Å²) in [6, 6.07) is 12.7. The lowest BCUT2D eigenvalue weighted by Crippen LogP contribution is -2.29. The molecule has 1 heterocycles. The standard InChI is InChI=1S/C20H19NO5/c1-13-4-3-5-16(10-13)21-20(23)14(2)26-19(22)9-7-15-6-8-17-18(11-15)25-12-24-17/h3-11,14H,12H2,1-2H3,(H,21,23)/b9-7+/t14-/m1/s1. The monoisotopic (exact) mass is 353 g/mol. The van der Waals surface area contributed by atoms with E-state index in [2.05, 4.69) is 5.32 Å². The number of hydrogen-bond donors (Lipinski definition) is 1. The van der Waals surface area contributed by atoms with E-state index in [9.17, 15) is 9.59 Å². The van der Waals surface area contributed by atoms with E-state index < -0.39 is 12.1 Å². The molecule has 0 bridgehead atoms. The number of carbonyl (C=O) groups excluding carboxylic acids is 2. The number of fused-ring (bicyclic) bond motifs is 1. The highest BCUT2D eigenvalue weighted by atomic mass is 16.7. The molecule has 0 radical (unpaired) electrons. The van der Waals surface area contributed by atoms with Gasteiger partial charge in [0.25, 0.3) is 5.91 Å². The molecule has 6 nitrogen and oxygen atoms in total. The molecule has 0 saturated carbocycles. The minimum atomic E-state index is -0.913. The third kappa shape index (κ3) is 4.42. The molecule has 3 rings (SSSR count). The lowest BCUT2D eigenvalue weighted by atomic mass is 10.2. The van der Waals surface area contributed by atoms with Crippen LogP contribution in [0, 0.1) is 6.92 Å². The van der Waals surface area contributed by atoms with Crippen molar-refractivity contribution in [2.75, 3.05) is 12.1 Å². The molecule has 0 unspecified atom stereocenters. The summed E-state index contributed by atoms with van der Waals surface area (Å²) >= 11 is 0. The SMILES string of the molecule is Cc1cccc(NC(=O)[C@@H](C)OC(=O)/C=C/c2ccc3c(c2)OCO3)c1. The molecule has 134 valence electrons. The second-order valence-electron chi connectivity index (χ2n) is 5.88. The van der Waals surface area contributed by atoms with Crippen LogP contribution < -0.4 is 14.8 Å². The number of anilines is 1. The number of carbonyl (C=O) groups is 2. The van der Waals surface area contributed by atoms with Crippen molar-refractivity contribution >= 4 is 23.6 Å². The zero-order chi connectivity index (χ0) is 18.5. The Labute approximate surface area is 151 Å². The number of nitrogens with one attached hydrogen (secondary N) is 1. The van der Waals surface area contributed by atoms with Gasteiger partial charge in [0, 0.05) is 11.8 Å². The largest absolute Gasteiger partial charge is 0.454 e. The van der Waals surface area contributed by atoms with Gasteiger partial charge in [0.2, 0.25) is 6.79 Å². The maximum atomic E-state index is 12.1. The Hall–Kier alpha value is -3.28. The van der Waals surface area contributed by atoms with Crippen LogP contribution in [0.5, 0.6) is 11.5 Å². The van der Waals surface area contributed by atoms with Gasteiger partial charge < -0.3 is 19.5 Å². The number of aryl methyl sites for hydroxylation is 1. The average Bonchev–Trinajstić information content (AvgIpc) is 3.07. The normalized spacial score (nSPS) is 13.5. The first-order valence-electron chi connectivity index (χ1n) is 8.17. The second-order valence-corrected chi connectivity index (χ2v) is 5.88. The molecule has 2 aromatic carbocycles. The molecule has 0 spiro atoms. The Balaban J connectivity index is 1.54. The number of esters is 1. The van der Waals surface area contributed by atoms with E-state index in [1.54, 1.807) is 30.3 Å². The summed E-state index contributed by atoms with van der Waals surface area (Å²) in [4.78, 5) is 24.0. The highest BCUT2D eigenvalue weighted by Crippen LogP contribution is 2.32. The summed E-state index contributed by atoms with van der Waals surface area (Å²) in [5, 5.41) is 2.72. The van der Waals surface area contributed by atoms with Crippen LogP contribution in [0.4, 0.5) is 5.69 Å². The van der Waals surface area contributed by atoms with E-state index in [4.69, 9.17) is 14.2 Å². The molecule has 1 atom stereocenters. The molecule has 1 aliphatic heterocycles. The van der Waals surface area contributed by atoms with Crippen molar-refractivity contribution < 1.29 is 23.8 Å². The van der Waals surface area contributed by atoms with E-state index >= 15 is 0 Å². The molecule has 6 heteroatoms. The third-order valence-corrected chi connectivity index (χ3v) is 3.76. The van der Waals surface area contributed by atoms with Crippen LogP contribution in [0.1, 0.15) is 18.1 Å².